The van der Waals surface area contributed by atoms with Crippen molar-refractivity contribution in [1.82, 2.24) is 10.2 Å². The van der Waals surface area contributed by atoms with Gasteiger partial charge >= 0.3 is 12.4 Å². The maximum atomic E-state index is 12.5. The number of alkyl halides is 3. The predicted octanol–water partition coefficient (Wildman–Crippen LogP) is 3.61. The number of nitrogens with one attached hydrogen (secondary N) is 2. The number of hydrogen-bond acceptors (Lipinski definition) is 5. The van der Waals surface area contributed by atoms with Crippen LogP contribution in [0.2, 0.25) is 0 Å². The monoisotopic (exact) mass is 439 g/mol. The van der Waals surface area contributed by atoms with Crippen LogP contribution < -0.4 is 15.4 Å². The highest BCUT2D eigenvalue weighted by atomic mass is 19.4. The summed E-state index contributed by atoms with van der Waals surface area (Å²) in [6.45, 7) is 2.15. The molecule has 1 saturated heterocycles. The van der Waals surface area contributed by atoms with Crippen LogP contribution in [0.1, 0.15) is 24.5 Å². The third-order valence-electron chi connectivity index (χ3n) is 4.93. The smallest absolute Gasteiger partial charge is 0.508 e. The van der Waals surface area contributed by atoms with Gasteiger partial charge in [0.1, 0.15) is 17.6 Å². The molecule has 7 nitrogen and oxygen atoms in total. The molecule has 3 rings (SSSR count). The number of carbonyl (C=O) groups excluding carboxylic acids is 1. The normalized spacial score (nSPS) is 16.5. The van der Waals surface area contributed by atoms with Crippen molar-refractivity contribution >= 4 is 11.7 Å². The van der Waals surface area contributed by atoms with Crippen LogP contribution >= 0.6 is 0 Å². The fraction of sp³-hybridized carbons (Fsp3) is 0.381. The number of benzene rings is 2. The van der Waals surface area contributed by atoms with E-state index in [2.05, 4.69) is 20.3 Å². The van der Waals surface area contributed by atoms with Gasteiger partial charge < -0.3 is 30.5 Å². The number of likely N-dealkylation sites (tertiary alicyclic amines) is 1. The summed E-state index contributed by atoms with van der Waals surface area (Å²) in [5.74, 6) is -0.330. The Morgan fingerprint density at radius 2 is 1.68 bits per heavy atom. The first-order chi connectivity index (χ1) is 14.7. The van der Waals surface area contributed by atoms with Crippen molar-refractivity contribution in [2.24, 2.45) is 0 Å². The van der Waals surface area contributed by atoms with Crippen molar-refractivity contribution in [3.63, 3.8) is 0 Å². The van der Waals surface area contributed by atoms with E-state index in [4.69, 9.17) is 0 Å². The average Bonchev–Trinajstić information content (AvgIpc) is 3.21. The van der Waals surface area contributed by atoms with Gasteiger partial charge in [0.15, 0.2) is 0 Å². The lowest BCUT2D eigenvalue weighted by atomic mass is 10.0. The number of phenols is 1. The Kier molecular flexibility index (Phi) is 7.24. The average molecular weight is 439 g/mol. The highest BCUT2D eigenvalue weighted by molar-refractivity contribution is 5.89. The van der Waals surface area contributed by atoms with Crippen LogP contribution in [0.5, 0.6) is 11.5 Å². The number of rotatable bonds is 7. The first-order valence-electron chi connectivity index (χ1n) is 9.82. The quantitative estimate of drug-likeness (QED) is 0.529. The van der Waals surface area contributed by atoms with Gasteiger partial charge in [0, 0.05) is 12.2 Å². The summed E-state index contributed by atoms with van der Waals surface area (Å²) in [6.07, 6.45) is -3.73. The van der Waals surface area contributed by atoms with Gasteiger partial charge in [0.05, 0.1) is 6.04 Å². The molecule has 0 radical (unpaired) electrons. The number of aliphatic hydroxyl groups excluding tert-OH is 1. The van der Waals surface area contributed by atoms with E-state index >= 15 is 0 Å². The molecule has 1 aliphatic heterocycles. The van der Waals surface area contributed by atoms with Crippen LogP contribution in [0, 0.1) is 0 Å². The Hall–Kier alpha value is -2.98. The molecular formula is C21H24F3N3O4. The van der Waals surface area contributed by atoms with E-state index in [9.17, 15) is 28.2 Å². The fourth-order valence-electron chi connectivity index (χ4n) is 3.45. The van der Waals surface area contributed by atoms with Gasteiger partial charge in [-0.3, -0.25) is 0 Å². The Morgan fingerprint density at radius 3 is 2.26 bits per heavy atom. The van der Waals surface area contributed by atoms with Crippen molar-refractivity contribution in [1.29, 1.82) is 0 Å². The van der Waals surface area contributed by atoms with Gasteiger partial charge in [-0.1, -0.05) is 12.1 Å². The molecule has 2 amide bonds. The number of ether oxygens (including phenoxy) is 1. The van der Waals surface area contributed by atoms with E-state index in [0.29, 0.717) is 12.1 Å². The Bertz CT molecular complexity index is 854. The van der Waals surface area contributed by atoms with E-state index < -0.39 is 30.3 Å². The highest BCUT2D eigenvalue weighted by Crippen LogP contribution is 2.25. The lowest BCUT2D eigenvalue weighted by Gasteiger charge is -2.28. The molecule has 1 fully saturated rings. The number of aromatic hydroxyl groups is 1. The zero-order chi connectivity index (χ0) is 22.4. The molecule has 0 spiro atoms. The summed E-state index contributed by atoms with van der Waals surface area (Å²) in [7, 11) is 0. The molecule has 0 saturated carbocycles. The van der Waals surface area contributed by atoms with Gasteiger partial charge in [-0.15, -0.1) is 13.2 Å². The number of hydrogen-bond donors (Lipinski definition) is 4. The van der Waals surface area contributed by atoms with E-state index in [1.165, 1.54) is 24.3 Å². The molecule has 168 valence electrons. The van der Waals surface area contributed by atoms with E-state index in [1.54, 1.807) is 12.1 Å². The molecule has 1 aliphatic rings. The van der Waals surface area contributed by atoms with Crippen LogP contribution in [0.25, 0.3) is 0 Å². The number of nitrogens with zero attached hydrogens (tertiary/aromatic N) is 1. The third kappa shape index (κ3) is 7.04. The van der Waals surface area contributed by atoms with Crippen LogP contribution in [0.3, 0.4) is 0 Å². The topological polar surface area (TPSA) is 94.1 Å². The van der Waals surface area contributed by atoms with Gasteiger partial charge in [0.25, 0.3) is 0 Å². The zero-order valence-electron chi connectivity index (χ0n) is 16.6. The SMILES string of the molecule is O=C(Nc1ccc(OC(F)(F)F)cc1)N[C@H](CN1CCCC1)[C@H](O)c1ccc(O)cc1. The number of anilines is 1. The van der Waals surface area contributed by atoms with E-state index in [0.717, 1.165) is 38.1 Å². The minimum Gasteiger partial charge on any atom is -0.508 e. The number of carbonyl (C=O) groups is 1. The van der Waals surface area contributed by atoms with Gasteiger partial charge in [-0.05, 0) is 67.9 Å². The number of halogens is 3. The van der Waals surface area contributed by atoms with Crippen LogP contribution in [0.15, 0.2) is 48.5 Å². The number of urea groups is 1. The fourth-order valence-corrected chi connectivity index (χ4v) is 3.45. The predicted molar refractivity (Wildman–Crippen MR) is 108 cm³/mol. The first kappa shape index (κ1) is 22.7. The maximum absolute atomic E-state index is 12.5. The van der Waals surface area contributed by atoms with Crippen molar-refractivity contribution in [3.05, 3.63) is 54.1 Å². The van der Waals surface area contributed by atoms with Crippen LogP contribution in [-0.4, -0.2) is 53.2 Å². The molecule has 2 aromatic carbocycles. The lowest BCUT2D eigenvalue weighted by molar-refractivity contribution is -0.274. The van der Waals surface area contributed by atoms with Gasteiger partial charge in [0.2, 0.25) is 0 Å². The Balaban J connectivity index is 1.65. The molecule has 31 heavy (non-hydrogen) atoms. The van der Waals surface area contributed by atoms with E-state index in [-0.39, 0.29) is 11.4 Å². The molecule has 0 bridgehead atoms. The number of phenolic OH excluding ortho intramolecular Hbond substituents is 1. The molecular weight excluding hydrogens is 415 g/mol. The number of aliphatic hydroxyl groups is 1. The second-order valence-corrected chi connectivity index (χ2v) is 7.32. The summed E-state index contributed by atoms with van der Waals surface area (Å²) in [4.78, 5) is 14.6. The third-order valence-corrected chi connectivity index (χ3v) is 4.93. The molecule has 2 atom stereocenters. The summed E-state index contributed by atoms with van der Waals surface area (Å²) in [5, 5.41) is 25.6. The maximum Gasteiger partial charge on any atom is 0.573 e. The van der Waals surface area contributed by atoms with Crippen molar-refractivity contribution in [2.75, 3.05) is 25.0 Å². The Morgan fingerprint density at radius 1 is 1.06 bits per heavy atom. The summed E-state index contributed by atoms with van der Waals surface area (Å²) < 4.78 is 40.6. The van der Waals surface area contributed by atoms with Crippen LogP contribution in [0.4, 0.5) is 23.7 Å². The molecule has 1 heterocycles. The second kappa shape index (κ2) is 9.88. The first-order valence-corrected chi connectivity index (χ1v) is 9.82. The second-order valence-electron chi connectivity index (χ2n) is 7.32. The minimum absolute atomic E-state index is 0.0655. The van der Waals surface area contributed by atoms with Crippen molar-refractivity contribution in [3.8, 4) is 11.5 Å². The number of amides is 2. The molecule has 0 unspecified atom stereocenters. The highest BCUT2D eigenvalue weighted by Gasteiger charge is 2.31. The standard InChI is InChI=1S/C21H24F3N3O4/c22-21(23,24)31-17-9-5-15(6-10-17)25-20(30)26-18(13-27-11-1-2-12-27)19(29)14-3-7-16(28)8-4-14/h3-10,18-19,28-29H,1-2,11-13H2,(H2,25,26,30)/t18-,19-/m1/s1. The van der Waals surface area contributed by atoms with Crippen molar-refractivity contribution in [2.45, 2.75) is 31.3 Å². The molecule has 0 aromatic heterocycles. The zero-order valence-corrected chi connectivity index (χ0v) is 16.6. The molecule has 4 N–H and O–H groups in total. The van der Waals surface area contributed by atoms with Gasteiger partial charge in [-0.2, -0.15) is 0 Å². The summed E-state index contributed by atoms with van der Waals surface area (Å²) >= 11 is 0. The molecule has 0 aliphatic carbocycles. The molecule has 10 heteroatoms. The van der Waals surface area contributed by atoms with Crippen molar-refractivity contribution < 1.29 is 32.9 Å². The lowest BCUT2D eigenvalue weighted by Crippen LogP contribution is -2.48. The summed E-state index contributed by atoms with van der Waals surface area (Å²) in [6, 6.07) is 9.57. The van der Waals surface area contributed by atoms with Gasteiger partial charge in [-0.25, -0.2) is 4.79 Å². The van der Waals surface area contributed by atoms with Crippen LogP contribution in [-0.2, 0) is 0 Å². The minimum atomic E-state index is -4.79. The van der Waals surface area contributed by atoms with E-state index in [1.807, 2.05) is 0 Å². The Labute approximate surface area is 177 Å². The summed E-state index contributed by atoms with van der Waals surface area (Å²) in [5.41, 5.74) is 0.807. The molecule has 2 aromatic rings. The largest absolute Gasteiger partial charge is 0.573 e.